The Labute approximate surface area is 92.1 Å². The summed E-state index contributed by atoms with van der Waals surface area (Å²) in [5.41, 5.74) is 1.76. The molecule has 0 saturated carbocycles. The summed E-state index contributed by atoms with van der Waals surface area (Å²) in [6, 6.07) is 4.70. The summed E-state index contributed by atoms with van der Waals surface area (Å²) in [5.74, 6) is -0.474. The summed E-state index contributed by atoms with van der Waals surface area (Å²) < 4.78 is 5.15. The van der Waals surface area contributed by atoms with Crippen LogP contribution >= 0.6 is 0 Å². The number of carbonyl (C=O) groups is 1. The van der Waals surface area contributed by atoms with Crippen LogP contribution in [0.3, 0.4) is 0 Å². The van der Waals surface area contributed by atoms with E-state index in [4.69, 9.17) is 9.84 Å². The molecule has 1 heterocycles. The van der Waals surface area contributed by atoms with Gasteiger partial charge in [-0.3, -0.25) is 0 Å². The van der Waals surface area contributed by atoms with Gasteiger partial charge in [0, 0.05) is 18.2 Å². The molecule has 0 saturated heterocycles. The Hall–Kier alpha value is -2.17. The largest absolute Gasteiger partial charge is 0.496 e. The summed E-state index contributed by atoms with van der Waals surface area (Å²) in [6.07, 6.45) is 2.34. The lowest BCUT2D eigenvalue weighted by Gasteiger charge is -2.08. The summed E-state index contributed by atoms with van der Waals surface area (Å²) >= 11 is 0. The second-order valence-corrected chi connectivity index (χ2v) is 3.27. The van der Waals surface area contributed by atoms with Crippen LogP contribution in [-0.2, 0) is 0 Å². The monoisotopic (exact) mass is 218 g/mol. The van der Waals surface area contributed by atoms with Crippen molar-refractivity contribution in [1.82, 2.24) is 0 Å². The van der Waals surface area contributed by atoms with Crippen molar-refractivity contribution in [3.05, 3.63) is 29.3 Å². The predicted molar refractivity (Wildman–Crippen MR) is 59.6 cm³/mol. The maximum absolute atomic E-state index is 10.8. The molecule has 0 fully saturated rings. The van der Waals surface area contributed by atoms with Crippen molar-refractivity contribution >= 4 is 17.9 Å². The second kappa shape index (κ2) is 4.14. The van der Waals surface area contributed by atoms with E-state index in [0.29, 0.717) is 12.2 Å². The average Bonchev–Trinajstić information content (AvgIpc) is 2.81. The number of rotatable bonds is 3. The Morgan fingerprint density at radius 2 is 2.31 bits per heavy atom. The number of hydrogen-bond donors (Lipinski definition) is 1. The molecule has 5 heteroatoms. The number of ether oxygens (including phenoxy) is 1. The molecule has 0 spiro atoms. The Morgan fingerprint density at radius 3 is 2.88 bits per heavy atom. The molecule has 1 aliphatic rings. The van der Waals surface area contributed by atoms with E-state index in [-0.39, 0.29) is 5.56 Å². The van der Waals surface area contributed by atoms with Crippen LogP contribution in [0.1, 0.15) is 22.3 Å². The molecule has 16 heavy (non-hydrogen) atoms. The zero-order chi connectivity index (χ0) is 11.5. The van der Waals surface area contributed by atoms with E-state index >= 15 is 0 Å². The normalized spacial score (nSPS) is 13.7. The Balaban J connectivity index is 2.43. The molecule has 2 rings (SSSR count). The first-order valence-corrected chi connectivity index (χ1v) is 4.72. The highest BCUT2D eigenvalue weighted by molar-refractivity contribution is 6.11. The van der Waals surface area contributed by atoms with E-state index in [1.54, 1.807) is 12.3 Å². The predicted octanol–water partition coefficient (Wildman–Crippen LogP) is 1.57. The lowest BCUT2D eigenvalue weighted by atomic mass is 10.0. The van der Waals surface area contributed by atoms with Gasteiger partial charge in [0.15, 0.2) is 0 Å². The van der Waals surface area contributed by atoms with Gasteiger partial charge in [0.05, 0.1) is 18.4 Å². The third kappa shape index (κ3) is 1.79. The van der Waals surface area contributed by atoms with Gasteiger partial charge in [0.1, 0.15) is 5.75 Å². The van der Waals surface area contributed by atoms with Crippen LogP contribution in [0.2, 0.25) is 0 Å². The Kier molecular flexibility index (Phi) is 2.68. The van der Waals surface area contributed by atoms with Gasteiger partial charge >= 0.3 is 5.97 Å². The number of carboxylic acids is 1. The number of nitrogens with zero attached hydrogens (tertiary/aromatic N) is 2. The van der Waals surface area contributed by atoms with Crippen molar-refractivity contribution < 1.29 is 14.6 Å². The molecule has 0 aliphatic carbocycles. The molecule has 0 atom stereocenters. The van der Waals surface area contributed by atoms with E-state index in [2.05, 4.69) is 10.2 Å². The Morgan fingerprint density at radius 1 is 1.50 bits per heavy atom. The van der Waals surface area contributed by atoms with Crippen molar-refractivity contribution in [3.8, 4) is 5.75 Å². The smallest absolute Gasteiger partial charge is 0.335 e. The minimum Gasteiger partial charge on any atom is -0.496 e. The molecule has 1 aliphatic heterocycles. The third-order valence-corrected chi connectivity index (χ3v) is 2.30. The highest BCUT2D eigenvalue weighted by Crippen LogP contribution is 2.23. The highest BCUT2D eigenvalue weighted by Gasteiger charge is 2.14. The van der Waals surface area contributed by atoms with Crippen LogP contribution in [0, 0.1) is 0 Å². The van der Waals surface area contributed by atoms with Gasteiger partial charge in [-0.25, -0.2) is 4.79 Å². The maximum Gasteiger partial charge on any atom is 0.335 e. The van der Waals surface area contributed by atoms with Crippen molar-refractivity contribution in [1.29, 1.82) is 0 Å². The van der Waals surface area contributed by atoms with Gasteiger partial charge in [-0.2, -0.15) is 10.2 Å². The number of carboxylic acid groups (broad SMARTS) is 1. The maximum atomic E-state index is 10.8. The van der Waals surface area contributed by atoms with E-state index in [0.717, 1.165) is 11.3 Å². The SMILES string of the molecule is COc1cc(C(=O)O)ccc1C1=NN=CC1. The molecule has 0 unspecified atom stereocenters. The molecule has 1 aromatic rings. The fraction of sp³-hybridized carbons (Fsp3) is 0.182. The first-order chi connectivity index (χ1) is 7.72. The quantitative estimate of drug-likeness (QED) is 0.837. The zero-order valence-electron chi connectivity index (χ0n) is 8.67. The van der Waals surface area contributed by atoms with Crippen LogP contribution < -0.4 is 4.74 Å². The van der Waals surface area contributed by atoms with Crippen LogP contribution in [0.25, 0.3) is 0 Å². The first-order valence-electron chi connectivity index (χ1n) is 4.72. The van der Waals surface area contributed by atoms with E-state index in [1.807, 2.05) is 0 Å². The highest BCUT2D eigenvalue weighted by atomic mass is 16.5. The fourth-order valence-corrected chi connectivity index (χ4v) is 1.51. The number of benzene rings is 1. The van der Waals surface area contributed by atoms with Crippen LogP contribution in [0.15, 0.2) is 28.4 Å². The standard InChI is InChI=1S/C11H10N2O3/c1-16-10-6-7(11(14)15)2-3-8(10)9-4-5-12-13-9/h2-3,5-6H,4H2,1H3,(H,14,15). The first kappa shape index (κ1) is 10.4. The van der Waals surface area contributed by atoms with Crippen LogP contribution in [-0.4, -0.2) is 30.1 Å². The summed E-state index contributed by atoms with van der Waals surface area (Å²) in [4.78, 5) is 10.8. The minimum atomic E-state index is -0.977. The number of aromatic carboxylic acids is 1. The van der Waals surface area contributed by atoms with Crippen molar-refractivity contribution in [2.75, 3.05) is 7.11 Å². The van der Waals surface area contributed by atoms with Gasteiger partial charge in [-0.15, -0.1) is 0 Å². The fourth-order valence-electron chi connectivity index (χ4n) is 1.51. The zero-order valence-corrected chi connectivity index (χ0v) is 8.67. The van der Waals surface area contributed by atoms with Crippen LogP contribution in [0.4, 0.5) is 0 Å². The van der Waals surface area contributed by atoms with Gasteiger partial charge in [0.2, 0.25) is 0 Å². The second-order valence-electron chi connectivity index (χ2n) is 3.27. The molecule has 1 aromatic carbocycles. The topological polar surface area (TPSA) is 71.2 Å². The van der Waals surface area contributed by atoms with Crippen molar-refractivity contribution in [3.63, 3.8) is 0 Å². The van der Waals surface area contributed by atoms with Crippen molar-refractivity contribution in [2.24, 2.45) is 10.2 Å². The number of methoxy groups -OCH3 is 1. The Bertz CT molecular complexity index is 492. The minimum absolute atomic E-state index is 0.195. The molecule has 0 aromatic heterocycles. The molecular weight excluding hydrogens is 208 g/mol. The third-order valence-electron chi connectivity index (χ3n) is 2.30. The molecular formula is C11H10N2O3. The molecule has 0 amide bonds. The molecule has 1 N–H and O–H groups in total. The summed E-state index contributed by atoms with van der Waals surface area (Å²) in [6.45, 7) is 0. The van der Waals surface area contributed by atoms with E-state index in [1.165, 1.54) is 19.2 Å². The molecule has 5 nitrogen and oxygen atoms in total. The van der Waals surface area contributed by atoms with Gasteiger partial charge in [-0.1, -0.05) is 0 Å². The van der Waals surface area contributed by atoms with Gasteiger partial charge in [-0.05, 0) is 18.2 Å². The summed E-state index contributed by atoms with van der Waals surface area (Å²) in [5, 5.41) is 16.6. The van der Waals surface area contributed by atoms with Gasteiger partial charge < -0.3 is 9.84 Å². The summed E-state index contributed by atoms with van der Waals surface area (Å²) in [7, 11) is 1.50. The van der Waals surface area contributed by atoms with Crippen LogP contribution in [0.5, 0.6) is 5.75 Å². The lowest BCUT2D eigenvalue weighted by molar-refractivity contribution is 0.0696. The number of hydrogen-bond acceptors (Lipinski definition) is 4. The molecule has 0 radical (unpaired) electrons. The molecule has 82 valence electrons. The van der Waals surface area contributed by atoms with E-state index < -0.39 is 5.97 Å². The van der Waals surface area contributed by atoms with E-state index in [9.17, 15) is 4.79 Å². The lowest BCUT2D eigenvalue weighted by Crippen LogP contribution is -2.04. The molecule has 0 bridgehead atoms. The average molecular weight is 218 g/mol. The van der Waals surface area contributed by atoms with Gasteiger partial charge in [0.25, 0.3) is 0 Å². The van der Waals surface area contributed by atoms with Crippen molar-refractivity contribution in [2.45, 2.75) is 6.42 Å².